The topological polar surface area (TPSA) is 19.4 Å². The van der Waals surface area contributed by atoms with Crippen LogP contribution in [0.15, 0.2) is 24.5 Å². The van der Waals surface area contributed by atoms with E-state index in [1.807, 2.05) is 12.4 Å². The fourth-order valence-electron chi connectivity index (χ4n) is 3.53. The van der Waals surface area contributed by atoms with Crippen molar-refractivity contribution < 1.29 is 0 Å². The molecule has 1 aliphatic carbocycles. The van der Waals surface area contributed by atoms with E-state index in [4.69, 9.17) is 0 Å². The molecule has 2 aliphatic heterocycles. The van der Waals surface area contributed by atoms with Crippen molar-refractivity contribution in [1.29, 1.82) is 0 Å². The molecule has 1 aromatic rings. The van der Waals surface area contributed by atoms with Gasteiger partial charge in [0, 0.05) is 50.3 Å². The summed E-state index contributed by atoms with van der Waals surface area (Å²) in [6, 6.07) is 5.23. The number of hydrogen-bond donors (Lipinski definition) is 0. The van der Waals surface area contributed by atoms with E-state index in [1.165, 1.54) is 44.7 Å². The van der Waals surface area contributed by atoms with Gasteiger partial charge < -0.3 is 4.90 Å². The molecule has 1 aromatic heterocycles. The maximum absolute atomic E-state index is 4.10. The van der Waals surface area contributed by atoms with Gasteiger partial charge in [-0.05, 0) is 36.8 Å². The molecule has 90 valence electrons. The van der Waals surface area contributed by atoms with Crippen molar-refractivity contribution in [3.8, 4) is 0 Å². The summed E-state index contributed by atoms with van der Waals surface area (Å²) in [7, 11) is 0. The Labute approximate surface area is 102 Å². The van der Waals surface area contributed by atoms with Crippen LogP contribution in [0.2, 0.25) is 0 Å². The second kappa shape index (κ2) is 3.70. The monoisotopic (exact) mass is 229 g/mol. The summed E-state index contributed by atoms with van der Waals surface area (Å²) >= 11 is 0. The molecule has 0 N–H and O–H groups in total. The molecule has 0 radical (unpaired) electrons. The Bertz CT molecular complexity index is 387. The van der Waals surface area contributed by atoms with E-state index < -0.39 is 0 Å². The lowest BCUT2D eigenvalue weighted by Gasteiger charge is -2.22. The number of fused-ring (bicyclic) bond motifs is 1. The first-order valence-electron chi connectivity index (χ1n) is 6.79. The summed E-state index contributed by atoms with van der Waals surface area (Å²) in [6.07, 6.45) is 6.71. The fourth-order valence-corrected chi connectivity index (χ4v) is 3.53. The van der Waals surface area contributed by atoms with Gasteiger partial charge in [0.15, 0.2) is 0 Å². The maximum atomic E-state index is 4.10. The molecule has 3 aliphatic rings. The van der Waals surface area contributed by atoms with Gasteiger partial charge >= 0.3 is 0 Å². The van der Waals surface area contributed by atoms with Gasteiger partial charge in [0.2, 0.25) is 0 Å². The summed E-state index contributed by atoms with van der Waals surface area (Å²) < 4.78 is 0. The third-order valence-corrected chi connectivity index (χ3v) is 4.61. The molecule has 3 heterocycles. The van der Waals surface area contributed by atoms with Crippen LogP contribution in [-0.4, -0.2) is 42.1 Å². The number of aromatic nitrogens is 1. The number of rotatable bonds is 2. The van der Waals surface area contributed by atoms with E-state index in [1.54, 1.807) is 0 Å². The minimum atomic E-state index is 0.906. The Morgan fingerprint density at radius 3 is 2.18 bits per heavy atom. The average Bonchev–Trinajstić information content (AvgIpc) is 3.01. The van der Waals surface area contributed by atoms with E-state index >= 15 is 0 Å². The minimum absolute atomic E-state index is 0.906. The van der Waals surface area contributed by atoms with Crippen molar-refractivity contribution in [1.82, 2.24) is 9.88 Å². The van der Waals surface area contributed by atoms with Crippen molar-refractivity contribution in [2.75, 3.05) is 31.1 Å². The second-order valence-corrected chi connectivity index (χ2v) is 5.82. The number of hydrogen-bond acceptors (Lipinski definition) is 3. The lowest BCUT2D eigenvalue weighted by Crippen LogP contribution is -2.30. The molecular formula is C14H19N3. The number of nitrogens with zero attached hydrogens (tertiary/aromatic N) is 3. The van der Waals surface area contributed by atoms with E-state index in [2.05, 4.69) is 26.9 Å². The van der Waals surface area contributed by atoms with Gasteiger partial charge in [0.1, 0.15) is 0 Å². The normalized spacial score (nSPS) is 33.1. The van der Waals surface area contributed by atoms with Crippen LogP contribution in [-0.2, 0) is 0 Å². The predicted molar refractivity (Wildman–Crippen MR) is 68.0 cm³/mol. The number of anilines is 1. The highest BCUT2D eigenvalue weighted by Crippen LogP contribution is 2.38. The van der Waals surface area contributed by atoms with Crippen LogP contribution in [0.5, 0.6) is 0 Å². The molecule has 0 aromatic carbocycles. The van der Waals surface area contributed by atoms with Crippen LogP contribution in [0.4, 0.5) is 5.69 Å². The minimum Gasteiger partial charge on any atom is -0.371 e. The highest BCUT2D eigenvalue weighted by atomic mass is 15.3. The van der Waals surface area contributed by atoms with Gasteiger partial charge in [0.25, 0.3) is 0 Å². The van der Waals surface area contributed by atoms with Gasteiger partial charge in [-0.1, -0.05) is 0 Å². The fraction of sp³-hybridized carbons (Fsp3) is 0.643. The second-order valence-electron chi connectivity index (χ2n) is 5.82. The van der Waals surface area contributed by atoms with E-state index in [0.717, 1.165) is 17.9 Å². The molecule has 3 fully saturated rings. The zero-order chi connectivity index (χ0) is 11.2. The molecule has 2 atom stereocenters. The molecule has 3 heteroatoms. The lowest BCUT2D eigenvalue weighted by atomic mass is 10.0. The molecule has 0 bridgehead atoms. The Kier molecular flexibility index (Phi) is 2.15. The van der Waals surface area contributed by atoms with Crippen molar-refractivity contribution in [2.24, 2.45) is 11.8 Å². The number of likely N-dealkylation sites (tertiary alicyclic amines) is 1. The Morgan fingerprint density at radius 2 is 1.59 bits per heavy atom. The van der Waals surface area contributed by atoms with E-state index in [9.17, 15) is 0 Å². The first kappa shape index (κ1) is 9.89. The quantitative estimate of drug-likeness (QED) is 0.768. The number of pyridine rings is 1. The molecule has 1 saturated carbocycles. The van der Waals surface area contributed by atoms with Crippen LogP contribution in [0.1, 0.15) is 12.8 Å². The van der Waals surface area contributed by atoms with Crippen LogP contribution in [0, 0.1) is 11.8 Å². The van der Waals surface area contributed by atoms with E-state index in [0.29, 0.717) is 0 Å². The molecule has 2 unspecified atom stereocenters. The largest absolute Gasteiger partial charge is 0.371 e. The third kappa shape index (κ3) is 1.73. The van der Waals surface area contributed by atoms with Crippen LogP contribution >= 0.6 is 0 Å². The van der Waals surface area contributed by atoms with Gasteiger partial charge in [-0.2, -0.15) is 0 Å². The molecule has 17 heavy (non-hydrogen) atoms. The molecule has 0 spiro atoms. The van der Waals surface area contributed by atoms with Crippen molar-refractivity contribution in [3.05, 3.63) is 24.5 Å². The maximum Gasteiger partial charge on any atom is 0.0397 e. The zero-order valence-corrected chi connectivity index (χ0v) is 10.1. The highest BCUT2D eigenvalue weighted by Gasteiger charge is 2.44. The summed E-state index contributed by atoms with van der Waals surface area (Å²) in [5, 5.41) is 0. The molecular weight excluding hydrogens is 210 g/mol. The first-order valence-corrected chi connectivity index (χ1v) is 6.79. The molecule has 3 nitrogen and oxygen atoms in total. The Morgan fingerprint density at radius 1 is 0.941 bits per heavy atom. The van der Waals surface area contributed by atoms with Gasteiger partial charge in [-0.3, -0.25) is 9.88 Å². The van der Waals surface area contributed by atoms with Crippen molar-refractivity contribution in [2.45, 2.75) is 18.9 Å². The summed E-state index contributed by atoms with van der Waals surface area (Å²) in [6.45, 7) is 5.18. The van der Waals surface area contributed by atoms with Crippen LogP contribution in [0.25, 0.3) is 0 Å². The van der Waals surface area contributed by atoms with Gasteiger partial charge in [-0.25, -0.2) is 0 Å². The third-order valence-electron chi connectivity index (χ3n) is 4.61. The van der Waals surface area contributed by atoms with Crippen molar-refractivity contribution >= 4 is 5.69 Å². The molecule has 0 amide bonds. The Balaban J connectivity index is 1.45. The standard InChI is InChI=1S/C14H19N3/c1-2-13(1)16-7-11-9-17(10-12(11)8-16)14-3-5-15-6-4-14/h3-6,11-13H,1-2,7-10H2. The summed E-state index contributed by atoms with van der Waals surface area (Å²) in [4.78, 5) is 9.38. The molecule has 2 saturated heterocycles. The SMILES string of the molecule is c1cc(N2CC3CN(C4CC4)CC3C2)ccn1. The van der Waals surface area contributed by atoms with E-state index in [-0.39, 0.29) is 0 Å². The van der Waals surface area contributed by atoms with Crippen LogP contribution < -0.4 is 4.90 Å². The summed E-state index contributed by atoms with van der Waals surface area (Å²) in [5.41, 5.74) is 1.35. The molecule has 4 rings (SSSR count). The lowest BCUT2D eigenvalue weighted by molar-refractivity contribution is 0.306. The van der Waals surface area contributed by atoms with Crippen molar-refractivity contribution in [3.63, 3.8) is 0 Å². The Hall–Kier alpha value is -1.09. The van der Waals surface area contributed by atoms with Gasteiger partial charge in [0.05, 0.1) is 0 Å². The smallest absolute Gasteiger partial charge is 0.0397 e. The highest BCUT2D eigenvalue weighted by molar-refractivity contribution is 5.46. The summed E-state index contributed by atoms with van der Waals surface area (Å²) in [5.74, 6) is 1.81. The average molecular weight is 229 g/mol. The first-order chi connectivity index (χ1) is 8.40. The zero-order valence-electron chi connectivity index (χ0n) is 10.1. The predicted octanol–water partition coefficient (Wildman–Crippen LogP) is 1.61. The van der Waals surface area contributed by atoms with Crippen LogP contribution in [0.3, 0.4) is 0 Å². The van der Waals surface area contributed by atoms with Gasteiger partial charge in [-0.15, -0.1) is 0 Å².